The molecule has 0 bridgehead atoms. The maximum absolute atomic E-state index is 15.2. The van der Waals surface area contributed by atoms with Crippen molar-refractivity contribution in [3.63, 3.8) is 0 Å². The second-order valence-corrected chi connectivity index (χ2v) is 8.79. The zero-order valence-electron chi connectivity index (χ0n) is 18.3. The molecule has 1 aromatic carbocycles. The fourth-order valence-electron chi connectivity index (χ4n) is 4.84. The summed E-state index contributed by atoms with van der Waals surface area (Å²) in [6.45, 7) is 1.69. The quantitative estimate of drug-likeness (QED) is 0.607. The second kappa shape index (κ2) is 8.64. The third-order valence-electron chi connectivity index (χ3n) is 6.61. The lowest BCUT2D eigenvalue weighted by molar-refractivity contribution is -0.192. The molecule has 34 heavy (non-hydrogen) atoms. The van der Waals surface area contributed by atoms with Crippen LogP contribution in [0, 0.1) is 11.6 Å². The summed E-state index contributed by atoms with van der Waals surface area (Å²) in [5, 5.41) is 12.6. The van der Waals surface area contributed by atoms with Crippen LogP contribution in [0.25, 0.3) is 0 Å². The van der Waals surface area contributed by atoms with Gasteiger partial charge in [-0.2, -0.15) is 0 Å². The van der Waals surface area contributed by atoms with E-state index in [0.717, 1.165) is 12.1 Å². The van der Waals surface area contributed by atoms with E-state index in [2.05, 4.69) is 5.32 Å². The molecule has 0 aromatic heterocycles. The minimum atomic E-state index is -1.20. The largest absolute Gasteiger partial charge is 0.478 e. The Hall–Kier alpha value is -3.02. The predicted molar refractivity (Wildman–Crippen MR) is 116 cm³/mol. The molecule has 2 fully saturated rings. The first-order chi connectivity index (χ1) is 16.3. The Kier molecular flexibility index (Phi) is 5.78. The fraction of sp³-hybridized carbons (Fsp3) is 0.435. The molecular weight excluding hydrogens is 453 g/mol. The maximum Gasteiger partial charge on any atom is 0.333 e. The van der Waals surface area contributed by atoms with Gasteiger partial charge in [-0.1, -0.05) is 0 Å². The van der Waals surface area contributed by atoms with E-state index in [9.17, 15) is 18.7 Å². The summed E-state index contributed by atoms with van der Waals surface area (Å²) in [6, 6.07) is 3.04. The van der Waals surface area contributed by atoms with E-state index >= 15 is 4.39 Å². The molecule has 8 nitrogen and oxygen atoms in total. The third kappa shape index (κ3) is 4.04. The highest BCUT2D eigenvalue weighted by Gasteiger charge is 2.45. The number of hydrogen-bond acceptors (Lipinski definition) is 7. The van der Waals surface area contributed by atoms with Crippen LogP contribution in [0.5, 0.6) is 0 Å². The predicted octanol–water partition coefficient (Wildman–Crippen LogP) is 2.30. The molecule has 4 N–H and O–H groups in total. The number of anilines is 1. The molecule has 0 aliphatic carbocycles. The Bertz CT molecular complexity index is 1100. The normalized spacial score (nSPS) is 26.2. The van der Waals surface area contributed by atoms with Crippen LogP contribution in [0.2, 0.25) is 0 Å². The van der Waals surface area contributed by atoms with Gasteiger partial charge in [-0.15, -0.1) is 0 Å². The molecule has 0 amide bonds. The Morgan fingerprint density at radius 1 is 1.26 bits per heavy atom. The molecule has 11 heteroatoms. The van der Waals surface area contributed by atoms with E-state index in [1.54, 1.807) is 0 Å². The molecule has 4 aliphatic heterocycles. The van der Waals surface area contributed by atoms with E-state index < -0.39 is 35.4 Å². The molecule has 1 aromatic rings. The second-order valence-electron chi connectivity index (χ2n) is 8.79. The molecule has 2 atom stereocenters. The third-order valence-corrected chi connectivity index (χ3v) is 6.61. The van der Waals surface area contributed by atoms with Gasteiger partial charge in [-0.05, 0) is 23.8 Å². The topological polar surface area (TPSA) is 100 Å². The Morgan fingerprint density at radius 2 is 2.03 bits per heavy atom. The van der Waals surface area contributed by atoms with E-state index in [0.29, 0.717) is 44.7 Å². The van der Waals surface area contributed by atoms with Gasteiger partial charge >= 0.3 is 5.97 Å². The molecule has 2 saturated heterocycles. The average Bonchev–Trinajstić information content (AvgIpc) is 3.21. The number of ether oxygens (including phenoxy) is 2. The van der Waals surface area contributed by atoms with Crippen LogP contribution in [0.3, 0.4) is 0 Å². The number of rotatable bonds is 4. The van der Waals surface area contributed by atoms with E-state index in [4.69, 9.17) is 15.2 Å². The number of hydrogen-bond donors (Lipinski definition) is 3. The number of fused-ring (bicyclic) bond motifs is 1. The Morgan fingerprint density at radius 3 is 2.68 bits per heavy atom. The summed E-state index contributed by atoms with van der Waals surface area (Å²) in [5.74, 6) is -3.85. The summed E-state index contributed by atoms with van der Waals surface area (Å²) >= 11 is 0. The van der Waals surface area contributed by atoms with Crippen LogP contribution in [-0.4, -0.2) is 60.3 Å². The van der Waals surface area contributed by atoms with Crippen molar-refractivity contribution in [2.45, 2.75) is 37.3 Å². The molecule has 4 aliphatic rings. The highest BCUT2D eigenvalue weighted by molar-refractivity contribution is 5.88. The summed E-state index contributed by atoms with van der Waals surface area (Å²) < 4.78 is 55.1. The number of likely N-dealkylation sites (tertiary alicyclic amines) is 1. The highest BCUT2D eigenvalue weighted by atomic mass is 19.1. The van der Waals surface area contributed by atoms with Crippen molar-refractivity contribution in [1.29, 1.82) is 0 Å². The van der Waals surface area contributed by atoms with Crippen LogP contribution in [0.15, 0.2) is 53.3 Å². The van der Waals surface area contributed by atoms with Gasteiger partial charge in [-0.3, -0.25) is 0 Å². The first kappa shape index (κ1) is 22.8. The highest BCUT2D eigenvalue weighted by Crippen LogP contribution is 2.38. The van der Waals surface area contributed by atoms with E-state index in [1.165, 1.54) is 23.2 Å². The maximum atomic E-state index is 15.2. The number of allylic oxidation sites excluding steroid dienone is 2. The molecular formula is C23H25F3N4O4. The molecule has 0 radical (unpaired) electrons. The van der Waals surface area contributed by atoms with E-state index in [1.807, 2.05) is 4.90 Å². The van der Waals surface area contributed by atoms with Crippen molar-refractivity contribution >= 4 is 11.7 Å². The Labute approximate surface area is 194 Å². The number of nitrogens with zero attached hydrogens (tertiary/aromatic N) is 2. The number of aliphatic carboxylic acids is 1. The van der Waals surface area contributed by atoms with Crippen LogP contribution < -0.4 is 16.0 Å². The lowest BCUT2D eigenvalue weighted by Gasteiger charge is -2.45. The fourth-order valence-corrected chi connectivity index (χ4v) is 4.84. The van der Waals surface area contributed by atoms with Crippen LogP contribution in [0.1, 0.15) is 19.3 Å². The number of dihydropyridines is 1. The molecule has 1 spiro atoms. The zero-order chi connectivity index (χ0) is 24.0. The number of halogens is 3. The molecule has 5 rings (SSSR count). The molecule has 0 saturated carbocycles. The summed E-state index contributed by atoms with van der Waals surface area (Å²) in [4.78, 5) is 14.9. The smallest absolute Gasteiger partial charge is 0.333 e. The molecule has 4 heterocycles. The van der Waals surface area contributed by atoms with Crippen LogP contribution in [0.4, 0.5) is 18.9 Å². The van der Waals surface area contributed by atoms with Gasteiger partial charge in [0.1, 0.15) is 23.6 Å². The summed E-state index contributed by atoms with van der Waals surface area (Å²) in [6.07, 6.45) is 2.71. The van der Waals surface area contributed by atoms with Crippen molar-refractivity contribution in [2.75, 3.05) is 31.1 Å². The van der Waals surface area contributed by atoms with Gasteiger partial charge in [0.25, 0.3) is 0 Å². The van der Waals surface area contributed by atoms with E-state index in [-0.39, 0.29) is 29.6 Å². The minimum absolute atomic E-state index is 0.0156. The standard InChI is InChI=1S/C23H25F3N4O4/c24-15-1-2-19(17(25)9-15)30-11-14(22(31)32)7-13-8-18(26)21(28-20(13)30)29-5-3-23(4-6-29)33-12-16(10-27)34-23/h1-2,8-9,11,16,20,28H,3-7,10,12,27H2,(H,31,32). The van der Waals surface area contributed by atoms with Crippen molar-refractivity contribution in [3.8, 4) is 0 Å². The Balaban J connectivity index is 1.41. The first-order valence-electron chi connectivity index (χ1n) is 11.1. The number of nitrogens with one attached hydrogen (secondary N) is 1. The zero-order valence-corrected chi connectivity index (χ0v) is 18.3. The van der Waals surface area contributed by atoms with Gasteiger partial charge < -0.3 is 35.4 Å². The molecule has 182 valence electrons. The number of carbonyl (C=O) groups is 1. The number of nitrogens with two attached hydrogens (primary N) is 1. The van der Waals surface area contributed by atoms with Crippen LogP contribution in [-0.2, 0) is 14.3 Å². The van der Waals surface area contributed by atoms with Gasteiger partial charge in [0.05, 0.1) is 24.0 Å². The number of piperidine rings is 1. The van der Waals surface area contributed by atoms with Crippen molar-refractivity contribution in [2.24, 2.45) is 5.73 Å². The van der Waals surface area contributed by atoms with Crippen molar-refractivity contribution in [1.82, 2.24) is 10.2 Å². The van der Waals surface area contributed by atoms with Gasteiger partial charge in [-0.25, -0.2) is 18.0 Å². The monoisotopic (exact) mass is 478 g/mol. The number of carboxylic acid groups (broad SMARTS) is 1. The number of carboxylic acids is 1. The SMILES string of the molecule is NCC1COC2(CCN(C3=C(F)C=C4CC(C(=O)O)=CN(c5ccc(F)cc5F)C4N3)CC2)O1. The lowest BCUT2D eigenvalue weighted by atomic mass is 9.95. The first-order valence-corrected chi connectivity index (χ1v) is 11.1. The summed E-state index contributed by atoms with van der Waals surface area (Å²) in [7, 11) is 0. The van der Waals surface area contributed by atoms with Crippen LogP contribution >= 0.6 is 0 Å². The number of benzene rings is 1. The average molecular weight is 478 g/mol. The van der Waals surface area contributed by atoms with Gasteiger partial charge in [0, 0.05) is 51.2 Å². The van der Waals surface area contributed by atoms with Crippen molar-refractivity contribution < 1.29 is 32.5 Å². The molecule has 2 unspecified atom stereocenters. The summed E-state index contributed by atoms with van der Waals surface area (Å²) in [5.41, 5.74) is 6.04. The lowest BCUT2D eigenvalue weighted by Crippen LogP contribution is -2.54. The minimum Gasteiger partial charge on any atom is -0.478 e. The van der Waals surface area contributed by atoms with Gasteiger partial charge in [0.15, 0.2) is 11.6 Å². The van der Waals surface area contributed by atoms with Crippen molar-refractivity contribution in [3.05, 3.63) is 64.9 Å². The van der Waals surface area contributed by atoms with Gasteiger partial charge in [0.2, 0.25) is 0 Å².